The number of halogens is 3. The summed E-state index contributed by atoms with van der Waals surface area (Å²) in [6, 6.07) is 12.9. The molecule has 0 aliphatic heterocycles. The molecule has 0 aromatic heterocycles. The smallest absolute Gasteiger partial charge is 0.300 e. The third kappa shape index (κ3) is 4.68. The van der Waals surface area contributed by atoms with Crippen molar-refractivity contribution in [1.29, 1.82) is 0 Å². The zero-order valence-electron chi connectivity index (χ0n) is 13.2. The summed E-state index contributed by atoms with van der Waals surface area (Å²) >= 11 is 0. The molecular weight excluding hydrogens is 301 g/mol. The van der Waals surface area contributed by atoms with Gasteiger partial charge in [0.15, 0.2) is 0 Å². The molecule has 23 heavy (non-hydrogen) atoms. The molecule has 0 radical (unpaired) electrons. The monoisotopic (exact) mass is 320 g/mol. The summed E-state index contributed by atoms with van der Waals surface area (Å²) in [5, 5.41) is 0. The van der Waals surface area contributed by atoms with Crippen LogP contribution >= 0.6 is 0 Å². The molecular formula is C19H19F3O. The maximum absolute atomic E-state index is 12.6. The molecule has 0 amide bonds. The highest BCUT2D eigenvalue weighted by Gasteiger charge is 2.29. The average Bonchev–Trinajstić information content (AvgIpc) is 2.52. The van der Waals surface area contributed by atoms with E-state index in [9.17, 15) is 18.0 Å². The van der Waals surface area contributed by atoms with Gasteiger partial charge in [0.25, 0.3) is 0 Å². The van der Waals surface area contributed by atoms with Gasteiger partial charge in [-0.2, -0.15) is 13.2 Å². The highest BCUT2D eigenvalue weighted by molar-refractivity contribution is 5.77. The van der Waals surface area contributed by atoms with E-state index in [2.05, 4.69) is 0 Å². The Hall–Kier alpha value is -2.10. The number of carbonyl (C=O) groups is 1. The van der Waals surface area contributed by atoms with E-state index in [0.29, 0.717) is 0 Å². The van der Waals surface area contributed by atoms with E-state index in [-0.39, 0.29) is 11.7 Å². The molecule has 1 nitrogen and oxygen atoms in total. The quantitative estimate of drug-likeness (QED) is 0.708. The first-order chi connectivity index (χ1) is 10.8. The standard InChI is InChI=1S/C19H19F3O/c1-13(14(2)23)3-4-15-5-7-16(8-6-15)17-9-11-18(12-10-17)19(20,21)22/h5-13H,3-4H2,1-2H3. The zero-order valence-corrected chi connectivity index (χ0v) is 13.2. The van der Waals surface area contributed by atoms with E-state index in [1.165, 1.54) is 12.1 Å². The molecule has 2 aromatic rings. The van der Waals surface area contributed by atoms with Crippen molar-refractivity contribution in [3.8, 4) is 11.1 Å². The molecule has 0 saturated heterocycles. The Bertz CT molecular complexity index is 655. The normalized spacial score (nSPS) is 12.9. The van der Waals surface area contributed by atoms with Crippen LogP contribution in [-0.4, -0.2) is 5.78 Å². The van der Waals surface area contributed by atoms with Crippen LogP contribution in [0.2, 0.25) is 0 Å². The first kappa shape index (κ1) is 17.3. The summed E-state index contributed by atoms with van der Waals surface area (Å²) in [7, 11) is 0. The Morgan fingerprint density at radius 1 is 0.957 bits per heavy atom. The van der Waals surface area contributed by atoms with E-state index >= 15 is 0 Å². The molecule has 0 bridgehead atoms. The number of aryl methyl sites for hydroxylation is 1. The van der Waals surface area contributed by atoms with Gasteiger partial charge in [0.1, 0.15) is 5.78 Å². The number of hydrogen-bond acceptors (Lipinski definition) is 1. The van der Waals surface area contributed by atoms with Gasteiger partial charge in [0.05, 0.1) is 5.56 Å². The van der Waals surface area contributed by atoms with Crippen LogP contribution in [-0.2, 0) is 17.4 Å². The van der Waals surface area contributed by atoms with Gasteiger partial charge in [-0.1, -0.05) is 43.3 Å². The third-order valence-electron chi connectivity index (χ3n) is 4.06. The van der Waals surface area contributed by atoms with Crippen molar-refractivity contribution in [2.75, 3.05) is 0 Å². The Labute approximate surface area is 134 Å². The van der Waals surface area contributed by atoms with Gasteiger partial charge >= 0.3 is 6.18 Å². The Morgan fingerprint density at radius 2 is 1.43 bits per heavy atom. The molecule has 0 aliphatic carbocycles. The minimum Gasteiger partial charge on any atom is -0.300 e. The molecule has 0 aliphatic rings. The highest BCUT2D eigenvalue weighted by atomic mass is 19.4. The number of Topliss-reactive ketones (excluding diaryl/α,β-unsaturated/α-hetero) is 1. The average molecular weight is 320 g/mol. The molecule has 1 unspecified atom stereocenters. The maximum atomic E-state index is 12.6. The molecule has 2 rings (SSSR count). The summed E-state index contributed by atoms with van der Waals surface area (Å²) in [5.41, 5.74) is 2.11. The molecule has 0 fully saturated rings. The summed E-state index contributed by atoms with van der Waals surface area (Å²) < 4.78 is 37.7. The SMILES string of the molecule is CC(=O)C(C)CCc1ccc(-c2ccc(C(F)(F)F)cc2)cc1. The molecule has 2 aromatic carbocycles. The molecule has 0 heterocycles. The number of hydrogen-bond donors (Lipinski definition) is 0. The van der Waals surface area contributed by atoms with Crippen LogP contribution in [0.25, 0.3) is 11.1 Å². The fourth-order valence-corrected chi connectivity index (χ4v) is 2.30. The number of ketones is 1. The van der Waals surface area contributed by atoms with Gasteiger partial charge in [-0.3, -0.25) is 4.79 Å². The van der Waals surface area contributed by atoms with Gasteiger partial charge in [-0.25, -0.2) is 0 Å². The van der Waals surface area contributed by atoms with Crippen LogP contribution in [0.1, 0.15) is 31.4 Å². The highest BCUT2D eigenvalue weighted by Crippen LogP contribution is 2.31. The third-order valence-corrected chi connectivity index (χ3v) is 4.06. The van der Waals surface area contributed by atoms with E-state index in [1.54, 1.807) is 6.92 Å². The van der Waals surface area contributed by atoms with Crippen LogP contribution in [0, 0.1) is 5.92 Å². The minimum absolute atomic E-state index is 0.0459. The minimum atomic E-state index is -4.31. The second-order valence-corrected chi connectivity index (χ2v) is 5.82. The predicted molar refractivity (Wildman–Crippen MR) is 85.0 cm³/mol. The first-order valence-corrected chi connectivity index (χ1v) is 7.54. The van der Waals surface area contributed by atoms with E-state index in [4.69, 9.17) is 0 Å². The van der Waals surface area contributed by atoms with Gasteiger partial charge in [-0.15, -0.1) is 0 Å². The molecule has 0 N–H and O–H groups in total. The fourth-order valence-electron chi connectivity index (χ4n) is 2.30. The largest absolute Gasteiger partial charge is 0.416 e. The fraction of sp³-hybridized carbons (Fsp3) is 0.316. The topological polar surface area (TPSA) is 17.1 Å². The lowest BCUT2D eigenvalue weighted by molar-refractivity contribution is -0.137. The van der Waals surface area contributed by atoms with E-state index in [1.807, 2.05) is 31.2 Å². The first-order valence-electron chi connectivity index (χ1n) is 7.54. The zero-order chi connectivity index (χ0) is 17.0. The Kier molecular flexibility index (Phi) is 5.24. The van der Waals surface area contributed by atoms with Crippen molar-refractivity contribution in [2.45, 2.75) is 32.9 Å². The van der Waals surface area contributed by atoms with Crippen molar-refractivity contribution < 1.29 is 18.0 Å². The maximum Gasteiger partial charge on any atom is 0.416 e. The molecule has 1 atom stereocenters. The van der Waals surface area contributed by atoms with Crippen LogP contribution in [0.4, 0.5) is 13.2 Å². The second kappa shape index (κ2) is 6.99. The van der Waals surface area contributed by atoms with Gasteiger partial charge in [0, 0.05) is 5.92 Å². The summed E-state index contributed by atoms with van der Waals surface area (Å²) in [6.45, 7) is 3.51. The Morgan fingerprint density at radius 3 is 1.87 bits per heavy atom. The molecule has 122 valence electrons. The lowest BCUT2D eigenvalue weighted by atomic mass is 9.96. The van der Waals surface area contributed by atoms with Crippen molar-refractivity contribution >= 4 is 5.78 Å². The van der Waals surface area contributed by atoms with Crippen LogP contribution in [0.15, 0.2) is 48.5 Å². The second-order valence-electron chi connectivity index (χ2n) is 5.82. The van der Waals surface area contributed by atoms with E-state index in [0.717, 1.165) is 41.7 Å². The van der Waals surface area contributed by atoms with Crippen molar-refractivity contribution in [2.24, 2.45) is 5.92 Å². The lowest BCUT2D eigenvalue weighted by Crippen LogP contribution is -2.07. The van der Waals surface area contributed by atoms with Crippen LogP contribution < -0.4 is 0 Å². The summed E-state index contributed by atoms with van der Waals surface area (Å²) in [6.07, 6.45) is -2.70. The lowest BCUT2D eigenvalue weighted by Gasteiger charge is -2.09. The van der Waals surface area contributed by atoms with Crippen molar-refractivity contribution in [3.05, 3.63) is 59.7 Å². The number of alkyl halides is 3. The predicted octanol–water partition coefficient (Wildman–Crippen LogP) is 5.53. The summed E-state index contributed by atoms with van der Waals surface area (Å²) in [5.74, 6) is 0.232. The van der Waals surface area contributed by atoms with Gasteiger partial charge in [-0.05, 0) is 48.6 Å². The van der Waals surface area contributed by atoms with Gasteiger partial charge in [0.2, 0.25) is 0 Å². The number of carbonyl (C=O) groups excluding carboxylic acids is 1. The number of rotatable bonds is 5. The number of benzene rings is 2. The molecule has 0 saturated carbocycles. The van der Waals surface area contributed by atoms with E-state index < -0.39 is 11.7 Å². The molecule has 0 spiro atoms. The Balaban J connectivity index is 2.06. The summed E-state index contributed by atoms with van der Waals surface area (Å²) in [4.78, 5) is 11.2. The van der Waals surface area contributed by atoms with Crippen LogP contribution in [0.3, 0.4) is 0 Å². The van der Waals surface area contributed by atoms with Crippen molar-refractivity contribution in [1.82, 2.24) is 0 Å². The van der Waals surface area contributed by atoms with Crippen molar-refractivity contribution in [3.63, 3.8) is 0 Å². The van der Waals surface area contributed by atoms with Crippen LogP contribution in [0.5, 0.6) is 0 Å². The van der Waals surface area contributed by atoms with Gasteiger partial charge < -0.3 is 0 Å². The molecule has 4 heteroatoms.